The predicted molar refractivity (Wildman–Crippen MR) is 68.7 cm³/mol. The maximum Gasteiger partial charge on any atom is 0.236 e. The van der Waals surface area contributed by atoms with Gasteiger partial charge in [-0.05, 0) is 19.1 Å². The molecule has 0 radical (unpaired) electrons. The third kappa shape index (κ3) is 2.29. The van der Waals surface area contributed by atoms with Gasteiger partial charge in [-0.25, -0.2) is 0 Å². The molecule has 0 aliphatic carbocycles. The van der Waals surface area contributed by atoms with Crippen LogP contribution in [0.5, 0.6) is 0 Å². The smallest absolute Gasteiger partial charge is 0.236 e. The number of benzene rings is 1. The van der Waals surface area contributed by atoms with Crippen LogP contribution >= 0.6 is 0 Å². The van der Waals surface area contributed by atoms with Crippen LogP contribution in [0, 0.1) is 5.92 Å². The average molecular weight is 243 g/mol. The maximum absolute atomic E-state index is 11.8. The summed E-state index contributed by atoms with van der Waals surface area (Å²) in [5, 5.41) is 3.58. The molecule has 0 fully saturated rings. The molecule has 5 nitrogen and oxygen atoms in total. The quantitative estimate of drug-likeness (QED) is 0.796. The number of pyridine rings is 1. The fourth-order valence-electron chi connectivity index (χ4n) is 1.58. The summed E-state index contributed by atoms with van der Waals surface area (Å²) in [6, 6.07) is 9.17. The molecule has 0 aliphatic rings. The number of anilines is 1. The lowest BCUT2D eigenvalue weighted by atomic mass is 10.1. The van der Waals surface area contributed by atoms with E-state index >= 15 is 0 Å². The van der Waals surface area contributed by atoms with Crippen LogP contribution in [0.3, 0.4) is 0 Å². The summed E-state index contributed by atoms with van der Waals surface area (Å²) >= 11 is 0. The number of aromatic nitrogens is 1. The van der Waals surface area contributed by atoms with Crippen molar-refractivity contribution in [3.05, 3.63) is 36.5 Å². The number of para-hydroxylation sites is 1. The summed E-state index contributed by atoms with van der Waals surface area (Å²) in [7, 11) is 0. The fourth-order valence-corrected chi connectivity index (χ4v) is 1.58. The van der Waals surface area contributed by atoms with E-state index in [1.807, 2.05) is 24.3 Å². The highest BCUT2D eigenvalue weighted by Crippen LogP contribution is 2.21. The molecule has 2 rings (SSSR count). The van der Waals surface area contributed by atoms with Crippen LogP contribution in [0.4, 0.5) is 5.69 Å². The normalized spacial score (nSPS) is 12.1. The highest BCUT2D eigenvalue weighted by atomic mass is 16.2. The monoisotopic (exact) mass is 243 g/mol. The number of nitrogens with one attached hydrogen (secondary N) is 1. The molecule has 1 unspecified atom stereocenters. The fraction of sp³-hybridized carbons (Fsp3) is 0.154. The van der Waals surface area contributed by atoms with Crippen LogP contribution in [-0.4, -0.2) is 16.8 Å². The van der Waals surface area contributed by atoms with E-state index in [9.17, 15) is 9.59 Å². The Morgan fingerprint density at radius 2 is 2.00 bits per heavy atom. The van der Waals surface area contributed by atoms with E-state index in [-0.39, 0.29) is 0 Å². The maximum atomic E-state index is 11.8. The average Bonchev–Trinajstić information content (AvgIpc) is 2.38. The molecule has 2 amide bonds. The number of carbonyl (C=O) groups is 2. The first kappa shape index (κ1) is 12.0. The van der Waals surface area contributed by atoms with Crippen LogP contribution in [0.2, 0.25) is 0 Å². The van der Waals surface area contributed by atoms with Crippen molar-refractivity contribution in [3.8, 4) is 0 Å². The lowest BCUT2D eigenvalue weighted by Crippen LogP contribution is -2.32. The van der Waals surface area contributed by atoms with Crippen molar-refractivity contribution >= 4 is 28.4 Å². The van der Waals surface area contributed by atoms with Gasteiger partial charge in [0.25, 0.3) is 0 Å². The summed E-state index contributed by atoms with van der Waals surface area (Å²) in [5.41, 5.74) is 6.35. The van der Waals surface area contributed by atoms with Gasteiger partial charge in [0, 0.05) is 11.6 Å². The van der Waals surface area contributed by atoms with Crippen LogP contribution < -0.4 is 11.1 Å². The molecular formula is C13H13N3O2. The Morgan fingerprint density at radius 1 is 1.28 bits per heavy atom. The van der Waals surface area contributed by atoms with Gasteiger partial charge >= 0.3 is 0 Å². The number of primary amides is 1. The molecule has 18 heavy (non-hydrogen) atoms. The summed E-state index contributed by atoms with van der Waals surface area (Å²) in [6.07, 6.45) is 1.65. The Hall–Kier alpha value is -2.43. The first-order chi connectivity index (χ1) is 8.59. The van der Waals surface area contributed by atoms with E-state index in [1.54, 1.807) is 12.3 Å². The van der Waals surface area contributed by atoms with Gasteiger partial charge in [0.2, 0.25) is 11.8 Å². The van der Waals surface area contributed by atoms with Crippen LogP contribution in [0.1, 0.15) is 6.92 Å². The van der Waals surface area contributed by atoms with Crippen molar-refractivity contribution < 1.29 is 9.59 Å². The Bertz CT molecular complexity index is 605. The lowest BCUT2D eigenvalue weighted by molar-refractivity contribution is -0.129. The minimum atomic E-state index is -0.871. The minimum absolute atomic E-state index is 0.430. The molecule has 1 heterocycles. The largest absolute Gasteiger partial charge is 0.369 e. The highest BCUT2D eigenvalue weighted by molar-refractivity contribution is 6.08. The first-order valence-electron chi connectivity index (χ1n) is 5.53. The molecule has 1 atom stereocenters. The number of nitrogens with zero attached hydrogens (tertiary/aromatic N) is 1. The Morgan fingerprint density at radius 3 is 2.72 bits per heavy atom. The molecule has 1 aromatic heterocycles. The molecule has 1 aromatic carbocycles. The number of amides is 2. The SMILES string of the molecule is CC(C(N)=O)C(=O)Nc1cccc2cccnc12. The predicted octanol–water partition coefficient (Wildman–Crippen LogP) is 1.29. The van der Waals surface area contributed by atoms with Gasteiger partial charge in [-0.1, -0.05) is 18.2 Å². The topological polar surface area (TPSA) is 85.1 Å². The summed E-state index contributed by atoms with van der Waals surface area (Å²) in [5.74, 6) is -1.95. The second-order valence-electron chi connectivity index (χ2n) is 3.99. The van der Waals surface area contributed by atoms with Gasteiger partial charge < -0.3 is 11.1 Å². The second-order valence-corrected chi connectivity index (χ2v) is 3.99. The highest BCUT2D eigenvalue weighted by Gasteiger charge is 2.19. The van der Waals surface area contributed by atoms with E-state index in [2.05, 4.69) is 10.3 Å². The minimum Gasteiger partial charge on any atom is -0.369 e. The van der Waals surface area contributed by atoms with Crippen molar-refractivity contribution in [2.45, 2.75) is 6.92 Å². The van der Waals surface area contributed by atoms with E-state index < -0.39 is 17.7 Å². The number of fused-ring (bicyclic) bond motifs is 1. The van der Waals surface area contributed by atoms with Gasteiger partial charge in [-0.15, -0.1) is 0 Å². The Kier molecular flexibility index (Phi) is 3.23. The van der Waals surface area contributed by atoms with Gasteiger partial charge in [0.1, 0.15) is 5.92 Å². The second kappa shape index (κ2) is 4.83. The standard InChI is InChI=1S/C13H13N3O2/c1-8(12(14)17)13(18)16-10-6-2-4-9-5-3-7-15-11(9)10/h2-8H,1H3,(H2,14,17)(H,16,18). The summed E-state index contributed by atoms with van der Waals surface area (Å²) < 4.78 is 0. The van der Waals surface area contributed by atoms with Crippen molar-refractivity contribution in [1.29, 1.82) is 0 Å². The van der Waals surface area contributed by atoms with Gasteiger partial charge in [0.15, 0.2) is 0 Å². The third-order valence-electron chi connectivity index (χ3n) is 2.71. The number of hydrogen-bond donors (Lipinski definition) is 2. The molecular weight excluding hydrogens is 230 g/mol. The van der Waals surface area contributed by atoms with Gasteiger partial charge in [-0.3, -0.25) is 14.6 Å². The Balaban J connectivity index is 2.32. The molecule has 0 bridgehead atoms. The van der Waals surface area contributed by atoms with E-state index in [0.717, 1.165) is 5.39 Å². The van der Waals surface area contributed by atoms with Crippen LogP contribution in [0.25, 0.3) is 10.9 Å². The van der Waals surface area contributed by atoms with E-state index in [1.165, 1.54) is 6.92 Å². The zero-order valence-corrected chi connectivity index (χ0v) is 9.88. The van der Waals surface area contributed by atoms with E-state index in [4.69, 9.17) is 5.73 Å². The molecule has 3 N–H and O–H groups in total. The zero-order valence-electron chi connectivity index (χ0n) is 9.88. The van der Waals surface area contributed by atoms with E-state index in [0.29, 0.717) is 11.2 Å². The Labute approximate surface area is 104 Å². The molecule has 0 aliphatic heterocycles. The van der Waals surface area contributed by atoms with Crippen molar-refractivity contribution in [2.75, 3.05) is 5.32 Å². The van der Waals surface area contributed by atoms with Gasteiger partial charge in [-0.2, -0.15) is 0 Å². The first-order valence-corrected chi connectivity index (χ1v) is 5.53. The molecule has 0 spiro atoms. The van der Waals surface area contributed by atoms with Crippen molar-refractivity contribution in [1.82, 2.24) is 4.98 Å². The lowest BCUT2D eigenvalue weighted by Gasteiger charge is -2.10. The van der Waals surface area contributed by atoms with Crippen LogP contribution in [0.15, 0.2) is 36.5 Å². The molecule has 92 valence electrons. The number of nitrogens with two attached hydrogens (primary N) is 1. The number of carbonyl (C=O) groups excluding carboxylic acids is 2. The summed E-state index contributed by atoms with van der Waals surface area (Å²) in [6.45, 7) is 1.47. The van der Waals surface area contributed by atoms with Gasteiger partial charge in [0.05, 0.1) is 11.2 Å². The molecule has 2 aromatic rings. The van der Waals surface area contributed by atoms with Crippen molar-refractivity contribution in [3.63, 3.8) is 0 Å². The summed E-state index contributed by atoms with van der Waals surface area (Å²) in [4.78, 5) is 26.9. The number of hydrogen-bond acceptors (Lipinski definition) is 3. The zero-order chi connectivity index (χ0) is 13.1. The third-order valence-corrected chi connectivity index (χ3v) is 2.71. The molecule has 5 heteroatoms. The molecule has 0 saturated carbocycles. The van der Waals surface area contributed by atoms with Crippen LogP contribution in [-0.2, 0) is 9.59 Å². The van der Waals surface area contributed by atoms with Crippen molar-refractivity contribution in [2.24, 2.45) is 11.7 Å². The number of rotatable bonds is 3. The molecule has 0 saturated heterocycles.